The second-order valence-corrected chi connectivity index (χ2v) is 5.29. The number of amides is 1. The van der Waals surface area contributed by atoms with Gasteiger partial charge in [0.1, 0.15) is 0 Å². The summed E-state index contributed by atoms with van der Waals surface area (Å²) in [6, 6.07) is 3.63. The number of thiophene rings is 1. The van der Waals surface area contributed by atoms with Crippen LogP contribution in [0.5, 0.6) is 0 Å². The van der Waals surface area contributed by atoms with Crippen molar-refractivity contribution in [1.29, 1.82) is 0 Å². The first kappa shape index (κ1) is 13.2. The third-order valence-corrected chi connectivity index (χ3v) is 3.84. The Kier molecular flexibility index (Phi) is 4.90. The van der Waals surface area contributed by atoms with Crippen LogP contribution in [-0.4, -0.2) is 30.9 Å². The lowest BCUT2D eigenvalue weighted by atomic mass is 10.2. The van der Waals surface area contributed by atoms with Crippen LogP contribution in [-0.2, 0) is 9.53 Å². The number of hydrogen-bond donors (Lipinski definition) is 1. The minimum Gasteiger partial charge on any atom is -0.376 e. The zero-order chi connectivity index (χ0) is 12.8. The van der Waals surface area contributed by atoms with Crippen LogP contribution < -0.4 is 5.32 Å². The predicted octanol–water partition coefficient (Wildman–Crippen LogP) is 2.01. The van der Waals surface area contributed by atoms with Crippen LogP contribution in [0, 0.1) is 0 Å². The molecule has 0 bridgehead atoms. The molecule has 1 saturated heterocycles. The molecule has 0 aromatic carbocycles. The number of nitrogens with one attached hydrogen (secondary N) is 1. The topological polar surface area (TPSA) is 55.4 Å². The summed E-state index contributed by atoms with van der Waals surface area (Å²) in [5, 5.41) is 4.68. The molecule has 0 unspecified atom stereocenters. The van der Waals surface area contributed by atoms with Gasteiger partial charge in [0.25, 0.3) is 0 Å². The van der Waals surface area contributed by atoms with E-state index < -0.39 is 0 Å². The highest BCUT2D eigenvalue weighted by Gasteiger charge is 2.16. The second kappa shape index (κ2) is 6.66. The lowest BCUT2D eigenvalue weighted by molar-refractivity contribution is -0.121. The molecular formula is C13H17NO3S. The number of Topliss-reactive ketones (excluding diaryl/α,β-unsaturated/α-hetero) is 1. The summed E-state index contributed by atoms with van der Waals surface area (Å²) in [4.78, 5) is 24.0. The highest BCUT2D eigenvalue weighted by Crippen LogP contribution is 2.13. The molecule has 1 aromatic rings. The molecule has 0 saturated carbocycles. The van der Waals surface area contributed by atoms with Crippen molar-refractivity contribution in [1.82, 2.24) is 5.32 Å². The van der Waals surface area contributed by atoms with Crippen molar-refractivity contribution in [3.05, 3.63) is 22.4 Å². The lowest BCUT2D eigenvalue weighted by Crippen LogP contribution is -2.31. The minimum absolute atomic E-state index is 0.0391. The molecule has 2 heterocycles. The van der Waals surface area contributed by atoms with Gasteiger partial charge in [-0.2, -0.15) is 0 Å². The van der Waals surface area contributed by atoms with Crippen LogP contribution in [0.3, 0.4) is 0 Å². The fourth-order valence-corrected chi connectivity index (χ4v) is 2.60. The molecule has 1 aromatic heterocycles. The normalized spacial score (nSPS) is 18.8. The number of ether oxygens (including phenoxy) is 1. The molecule has 1 amide bonds. The van der Waals surface area contributed by atoms with Gasteiger partial charge in [-0.3, -0.25) is 9.59 Å². The van der Waals surface area contributed by atoms with E-state index in [2.05, 4.69) is 5.32 Å². The summed E-state index contributed by atoms with van der Waals surface area (Å²) in [6.07, 6.45) is 2.76. The number of rotatable bonds is 6. The molecule has 18 heavy (non-hydrogen) atoms. The Bertz CT molecular complexity index is 396. The van der Waals surface area contributed by atoms with Gasteiger partial charge in [0.05, 0.1) is 11.0 Å². The van der Waals surface area contributed by atoms with Crippen molar-refractivity contribution in [2.45, 2.75) is 31.8 Å². The molecule has 4 nitrogen and oxygen atoms in total. The van der Waals surface area contributed by atoms with Gasteiger partial charge in [-0.25, -0.2) is 0 Å². The smallest absolute Gasteiger partial charge is 0.220 e. The summed E-state index contributed by atoms with van der Waals surface area (Å²) >= 11 is 1.42. The maximum Gasteiger partial charge on any atom is 0.220 e. The van der Waals surface area contributed by atoms with E-state index in [4.69, 9.17) is 4.74 Å². The van der Waals surface area contributed by atoms with E-state index in [0.29, 0.717) is 6.54 Å². The van der Waals surface area contributed by atoms with Gasteiger partial charge >= 0.3 is 0 Å². The summed E-state index contributed by atoms with van der Waals surface area (Å²) < 4.78 is 5.41. The standard InChI is InChI=1S/C13H17NO3S/c15-11(12-4-2-8-18-12)5-6-13(16)14-9-10-3-1-7-17-10/h2,4,8,10H,1,3,5-7,9H2,(H,14,16)/t10-/m1/s1. The van der Waals surface area contributed by atoms with Crippen molar-refractivity contribution >= 4 is 23.0 Å². The molecule has 1 atom stereocenters. The van der Waals surface area contributed by atoms with E-state index in [1.165, 1.54) is 11.3 Å². The number of ketones is 1. The van der Waals surface area contributed by atoms with E-state index in [0.717, 1.165) is 24.3 Å². The summed E-state index contributed by atoms with van der Waals surface area (Å²) in [5.41, 5.74) is 0. The molecule has 2 rings (SSSR count). The van der Waals surface area contributed by atoms with E-state index in [1.54, 1.807) is 6.07 Å². The largest absolute Gasteiger partial charge is 0.376 e. The highest BCUT2D eigenvalue weighted by molar-refractivity contribution is 7.12. The zero-order valence-corrected chi connectivity index (χ0v) is 11.0. The molecule has 5 heteroatoms. The third-order valence-electron chi connectivity index (χ3n) is 2.93. The van der Waals surface area contributed by atoms with Gasteiger partial charge in [0, 0.05) is 26.0 Å². The van der Waals surface area contributed by atoms with Crippen LogP contribution in [0.1, 0.15) is 35.4 Å². The quantitative estimate of drug-likeness (QED) is 0.802. The van der Waals surface area contributed by atoms with E-state index >= 15 is 0 Å². The van der Waals surface area contributed by atoms with Crippen LogP contribution in [0.15, 0.2) is 17.5 Å². The molecule has 1 aliphatic rings. The minimum atomic E-state index is -0.0737. The molecule has 1 N–H and O–H groups in total. The van der Waals surface area contributed by atoms with Crippen LogP contribution >= 0.6 is 11.3 Å². The Balaban J connectivity index is 1.63. The van der Waals surface area contributed by atoms with Crippen molar-refractivity contribution < 1.29 is 14.3 Å². The molecule has 0 aliphatic carbocycles. The Morgan fingerprint density at radius 2 is 2.33 bits per heavy atom. The van der Waals surface area contributed by atoms with Crippen LogP contribution in [0.2, 0.25) is 0 Å². The maximum atomic E-state index is 11.7. The SMILES string of the molecule is O=C(CCC(=O)c1cccs1)NC[C@H]1CCCO1. The number of carbonyl (C=O) groups excluding carboxylic acids is 2. The predicted molar refractivity (Wildman–Crippen MR) is 69.9 cm³/mol. The molecule has 0 spiro atoms. The summed E-state index contributed by atoms with van der Waals surface area (Å²) in [6.45, 7) is 1.35. The summed E-state index contributed by atoms with van der Waals surface area (Å²) in [5.74, 6) is -0.0346. The highest BCUT2D eigenvalue weighted by atomic mass is 32.1. The fourth-order valence-electron chi connectivity index (χ4n) is 1.91. The molecule has 1 aliphatic heterocycles. The van der Waals surface area contributed by atoms with E-state index in [-0.39, 0.29) is 30.6 Å². The first-order valence-electron chi connectivity index (χ1n) is 6.20. The molecule has 1 fully saturated rings. The van der Waals surface area contributed by atoms with E-state index in [9.17, 15) is 9.59 Å². The Morgan fingerprint density at radius 3 is 3.00 bits per heavy atom. The van der Waals surface area contributed by atoms with Gasteiger partial charge in [-0.15, -0.1) is 11.3 Å². The number of hydrogen-bond acceptors (Lipinski definition) is 4. The average molecular weight is 267 g/mol. The zero-order valence-electron chi connectivity index (χ0n) is 10.2. The van der Waals surface area contributed by atoms with Crippen LogP contribution in [0.4, 0.5) is 0 Å². The first-order valence-corrected chi connectivity index (χ1v) is 7.08. The van der Waals surface area contributed by atoms with Crippen molar-refractivity contribution in [2.24, 2.45) is 0 Å². The van der Waals surface area contributed by atoms with E-state index in [1.807, 2.05) is 11.4 Å². The van der Waals surface area contributed by atoms with Crippen molar-refractivity contribution in [3.63, 3.8) is 0 Å². The van der Waals surface area contributed by atoms with Gasteiger partial charge in [-0.1, -0.05) is 6.07 Å². The third kappa shape index (κ3) is 3.92. The van der Waals surface area contributed by atoms with Gasteiger partial charge in [-0.05, 0) is 24.3 Å². The van der Waals surface area contributed by atoms with Crippen molar-refractivity contribution in [3.8, 4) is 0 Å². The van der Waals surface area contributed by atoms with Gasteiger partial charge in [0.15, 0.2) is 5.78 Å². The molecular weight excluding hydrogens is 250 g/mol. The first-order chi connectivity index (χ1) is 8.75. The Morgan fingerprint density at radius 1 is 1.44 bits per heavy atom. The second-order valence-electron chi connectivity index (χ2n) is 4.34. The monoisotopic (exact) mass is 267 g/mol. The van der Waals surface area contributed by atoms with Gasteiger partial charge in [0.2, 0.25) is 5.91 Å². The Hall–Kier alpha value is -1.20. The molecule has 98 valence electrons. The molecule has 0 radical (unpaired) electrons. The van der Waals surface area contributed by atoms with Crippen LogP contribution in [0.25, 0.3) is 0 Å². The number of carbonyl (C=O) groups is 2. The summed E-state index contributed by atoms with van der Waals surface area (Å²) in [7, 11) is 0. The average Bonchev–Trinajstić information content (AvgIpc) is 3.05. The lowest BCUT2D eigenvalue weighted by Gasteiger charge is -2.10. The van der Waals surface area contributed by atoms with Gasteiger partial charge < -0.3 is 10.1 Å². The fraction of sp³-hybridized carbons (Fsp3) is 0.538. The maximum absolute atomic E-state index is 11.7. The van der Waals surface area contributed by atoms with Crippen molar-refractivity contribution in [2.75, 3.05) is 13.2 Å². The Labute approximate surface area is 110 Å².